The molecule has 0 heterocycles. The van der Waals surface area contributed by atoms with Gasteiger partial charge in [0.05, 0.1) is 7.11 Å². The summed E-state index contributed by atoms with van der Waals surface area (Å²) in [4.78, 5) is 51.7. The standard InChI is InChI=1S/C33H42ClN3O6/c1-42-31(40)27(15-16-29(38)37-33(17-18-33)21-24-11-6-3-7-12-24)35-30(39)28(20-23-9-4-2-5-10-23)36-32(41)43-22-25-13-8-14-26(34)19-25/h3,6-8,11-14,19,23,27-28H,2,4-5,9-10,15-18,20-22H2,1H3,(H,35,39)(H,36,41)(H,37,38). The van der Waals surface area contributed by atoms with E-state index in [0.29, 0.717) is 11.4 Å². The lowest BCUT2D eigenvalue weighted by Crippen LogP contribution is -2.52. The molecule has 2 aliphatic carbocycles. The Hall–Kier alpha value is -3.59. The molecule has 3 N–H and O–H groups in total. The van der Waals surface area contributed by atoms with E-state index >= 15 is 0 Å². The fourth-order valence-electron chi connectivity index (χ4n) is 5.73. The van der Waals surface area contributed by atoms with Crippen LogP contribution >= 0.6 is 11.6 Å². The van der Waals surface area contributed by atoms with Gasteiger partial charge in [0, 0.05) is 17.0 Å². The molecule has 2 atom stereocenters. The number of methoxy groups -OCH3 is 1. The summed E-state index contributed by atoms with van der Waals surface area (Å²) in [6, 6.07) is 15.0. The number of carbonyl (C=O) groups is 4. The first-order chi connectivity index (χ1) is 20.7. The number of benzene rings is 2. The zero-order valence-corrected chi connectivity index (χ0v) is 25.5. The Morgan fingerprint density at radius 2 is 1.65 bits per heavy atom. The minimum atomic E-state index is -1.04. The van der Waals surface area contributed by atoms with Crippen molar-refractivity contribution in [3.8, 4) is 0 Å². The molecule has 9 nitrogen and oxygen atoms in total. The maximum atomic E-state index is 13.5. The number of ether oxygens (including phenoxy) is 2. The number of alkyl carbamates (subject to hydrolysis) is 1. The average molecular weight is 612 g/mol. The van der Waals surface area contributed by atoms with Gasteiger partial charge in [0.25, 0.3) is 0 Å². The molecule has 2 unspecified atom stereocenters. The maximum absolute atomic E-state index is 13.5. The van der Waals surface area contributed by atoms with Crippen molar-refractivity contribution >= 4 is 35.5 Å². The van der Waals surface area contributed by atoms with Crippen LogP contribution in [0.25, 0.3) is 0 Å². The summed E-state index contributed by atoms with van der Waals surface area (Å²) in [6.45, 7) is -0.00415. The van der Waals surface area contributed by atoms with E-state index in [-0.39, 0.29) is 36.8 Å². The number of amides is 3. The predicted molar refractivity (Wildman–Crippen MR) is 163 cm³/mol. The number of hydrogen-bond acceptors (Lipinski definition) is 6. The van der Waals surface area contributed by atoms with Crippen molar-refractivity contribution in [2.45, 2.75) is 94.9 Å². The van der Waals surface area contributed by atoms with Crippen molar-refractivity contribution in [1.82, 2.24) is 16.0 Å². The second kappa shape index (κ2) is 15.8. The smallest absolute Gasteiger partial charge is 0.408 e. The summed E-state index contributed by atoms with van der Waals surface area (Å²) in [5, 5.41) is 9.10. The van der Waals surface area contributed by atoms with E-state index in [2.05, 4.69) is 16.0 Å². The highest BCUT2D eigenvalue weighted by molar-refractivity contribution is 6.30. The molecule has 2 aliphatic rings. The van der Waals surface area contributed by atoms with Gasteiger partial charge in [-0.25, -0.2) is 9.59 Å². The predicted octanol–water partition coefficient (Wildman–Crippen LogP) is 5.23. The monoisotopic (exact) mass is 611 g/mol. The van der Waals surface area contributed by atoms with Crippen LogP contribution in [-0.4, -0.2) is 48.6 Å². The van der Waals surface area contributed by atoms with Crippen LogP contribution in [0, 0.1) is 5.92 Å². The number of rotatable bonds is 14. The SMILES string of the molecule is COC(=O)C(CCC(=O)NC1(Cc2ccccc2)CC1)NC(=O)C(CC1CCCCC1)NC(=O)OCc1cccc(Cl)c1. The molecule has 232 valence electrons. The van der Waals surface area contributed by atoms with Gasteiger partial charge in [0.15, 0.2) is 0 Å². The molecule has 2 saturated carbocycles. The lowest BCUT2D eigenvalue weighted by Gasteiger charge is -2.27. The molecular formula is C33H42ClN3O6. The van der Waals surface area contributed by atoms with E-state index in [1.807, 2.05) is 30.3 Å². The number of carbonyl (C=O) groups excluding carboxylic acids is 4. The van der Waals surface area contributed by atoms with E-state index in [0.717, 1.165) is 62.5 Å². The quantitative estimate of drug-likeness (QED) is 0.251. The molecule has 4 rings (SSSR count). The Bertz CT molecular complexity index is 1250. The molecule has 2 aromatic rings. The zero-order valence-electron chi connectivity index (χ0n) is 24.7. The fourth-order valence-corrected chi connectivity index (χ4v) is 5.94. The number of halogens is 1. The molecular weight excluding hydrogens is 570 g/mol. The lowest BCUT2D eigenvalue weighted by atomic mass is 9.84. The van der Waals surface area contributed by atoms with E-state index in [1.54, 1.807) is 24.3 Å². The first-order valence-electron chi connectivity index (χ1n) is 15.2. The Kier molecular flexibility index (Phi) is 11.8. The molecule has 0 saturated heterocycles. The minimum Gasteiger partial charge on any atom is -0.467 e. The molecule has 0 aliphatic heterocycles. The van der Waals surface area contributed by atoms with E-state index in [9.17, 15) is 19.2 Å². The van der Waals surface area contributed by atoms with E-state index < -0.39 is 30.1 Å². The molecule has 2 aromatic carbocycles. The third-order valence-electron chi connectivity index (χ3n) is 8.27. The molecule has 0 aromatic heterocycles. The summed E-state index contributed by atoms with van der Waals surface area (Å²) in [7, 11) is 1.24. The van der Waals surface area contributed by atoms with Gasteiger partial charge < -0.3 is 25.4 Å². The second-order valence-corrected chi connectivity index (χ2v) is 12.2. The van der Waals surface area contributed by atoms with Crippen LogP contribution in [0.3, 0.4) is 0 Å². The largest absolute Gasteiger partial charge is 0.467 e. The first kappa shape index (κ1) is 32.3. The first-order valence-corrected chi connectivity index (χ1v) is 15.5. The normalized spacial score (nSPS) is 17.2. The second-order valence-electron chi connectivity index (χ2n) is 11.8. The highest BCUT2D eigenvalue weighted by Crippen LogP contribution is 2.38. The molecule has 0 bridgehead atoms. The third-order valence-corrected chi connectivity index (χ3v) is 8.50. The van der Waals surface area contributed by atoms with Crippen LogP contribution in [0.2, 0.25) is 5.02 Å². The van der Waals surface area contributed by atoms with Crippen LogP contribution in [0.15, 0.2) is 54.6 Å². The molecule has 2 fully saturated rings. The highest BCUT2D eigenvalue weighted by Gasteiger charge is 2.43. The number of nitrogens with one attached hydrogen (secondary N) is 3. The van der Waals surface area contributed by atoms with Crippen molar-refractivity contribution in [2.24, 2.45) is 5.92 Å². The summed E-state index contributed by atoms with van der Waals surface area (Å²) >= 11 is 6.02. The van der Waals surface area contributed by atoms with Gasteiger partial charge in [-0.2, -0.15) is 0 Å². The van der Waals surface area contributed by atoms with E-state index in [1.165, 1.54) is 7.11 Å². The Morgan fingerprint density at radius 1 is 0.930 bits per heavy atom. The van der Waals surface area contributed by atoms with Gasteiger partial charge in [0.2, 0.25) is 11.8 Å². The number of hydrogen-bond donors (Lipinski definition) is 3. The van der Waals surface area contributed by atoms with Crippen LogP contribution in [-0.2, 0) is 36.9 Å². The fraction of sp³-hybridized carbons (Fsp3) is 0.515. The highest BCUT2D eigenvalue weighted by atomic mass is 35.5. The third kappa shape index (κ3) is 10.6. The van der Waals surface area contributed by atoms with Crippen LogP contribution in [0.4, 0.5) is 4.79 Å². The van der Waals surface area contributed by atoms with Crippen LogP contribution in [0.1, 0.15) is 75.3 Å². The zero-order chi connectivity index (χ0) is 30.7. The minimum absolute atomic E-state index is 0.00415. The van der Waals surface area contributed by atoms with Gasteiger partial charge in [-0.05, 0) is 61.3 Å². The molecule has 0 radical (unpaired) electrons. The molecule has 3 amide bonds. The van der Waals surface area contributed by atoms with Crippen molar-refractivity contribution in [1.29, 1.82) is 0 Å². The van der Waals surface area contributed by atoms with Crippen molar-refractivity contribution in [3.63, 3.8) is 0 Å². The van der Waals surface area contributed by atoms with E-state index in [4.69, 9.17) is 21.1 Å². The average Bonchev–Trinajstić information content (AvgIpc) is 3.76. The molecule has 10 heteroatoms. The van der Waals surface area contributed by atoms with Gasteiger partial charge >= 0.3 is 12.1 Å². The summed E-state index contributed by atoms with van der Waals surface area (Å²) in [5.74, 6) is -1.08. The molecule has 0 spiro atoms. The Balaban J connectivity index is 1.33. The Labute approximate surface area is 258 Å². The van der Waals surface area contributed by atoms with Crippen LogP contribution < -0.4 is 16.0 Å². The lowest BCUT2D eigenvalue weighted by molar-refractivity contribution is -0.145. The summed E-state index contributed by atoms with van der Waals surface area (Å²) in [6.07, 6.45) is 7.57. The van der Waals surface area contributed by atoms with Crippen LogP contribution in [0.5, 0.6) is 0 Å². The van der Waals surface area contributed by atoms with Gasteiger partial charge in [-0.1, -0.05) is 86.2 Å². The van der Waals surface area contributed by atoms with Gasteiger partial charge in [-0.3, -0.25) is 9.59 Å². The number of esters is 1. The van der Waals surface area contributed by atoms with Crippen molar-refractivity contribution < 1.29 is 28.7 Å². The van der Waals surface area contributed by atoms with Crippen molar-refractivity contribution in [3.05, 3.63) is 70.7 Å². The molecule has 43 heavy (non-hydrogen) atoms. The van der Waals surface area contributed by atoms with Gasteiger partial charge in [0.1, 0.15) is 18.7 Å². The summed E-state index contributed by atoms with van der Waals surface area (Å²) in [5.41, 5.74) is 1.61. The summed E-state index contributed by atoms with van der Waals surface area (Å²) < 4.78 is 10.3. The maximum Gasteiger partial charge on any atom is 0.408 e. The topological polar surface area (TPSA) is 123 Å². The van der Waals surface area contributed by atoms with Crippen molar-refractivity contribution in [2.75, 3.05) is 7.11 Å². The Morgan fingerprint density at radius 3 is 2.33 bits per heavy atom. The van der Waals surface area contributed by atoms with Gasteiger partial charge in [-0.15, -0.1) is 0 Å².